The molecule has 0 saturated heterocycles. The third-order valence-electron chi connectivity index (χ3n) is 14.3. The van der Waals surface area contributed by atoms with E-state index in [2.05, 4.69) is 26.7 Å². The van der Waals surface area contributed by atoms with Gasteiger partial charge in [0, 0.05) is 27.1 Å². The van der Waals surface area contributed by atoms with E-state index in [4.69, 9.17) is 19.7 Å². The summed E-state index contributed by atoms with van der Waals surface area (Å²) >= 11 is 0. The second-order valence-electron chi connectivity index (χ2n) is 18.7. The van der Waals surface area contributed by atoms with Gasteiger partial charge >= 0.3 is 6.18 Å². The number of fused-ring (bicyclic) bond motifs is 6. The molecular formula is C67H36F3N7. The lowest BCUT2D eigenvalue weighted by Gasteiger charge is -2.22. The lowest BCUT2D eigenvalue weighted by atomic mass is 9.94. The van der Waals surface area contributed by atoms with E-state index in [1.165, 1.54) is 0 Å². The van der Waals surface area contributed by atoms with Crippen LogP contribution in [0.3, 0.4) is 0 Å². The average Bonchev–Trinajstić information content (AvgIpc) is 4.16. The first-order valence-corrected chi connectivity index (χ1v) is 24.3. The minimum atomic E-state index is -4.71. The highest BCUT2D eigenvalue weighted by Crippen LogP contribution is 2.47. The van der Waals surface area contributed by atoms with Crippen LogP contribution in [0.4, 0.5) is 30.2 Å². The number of para-hydroxylation sites is 3. The van der Waals surface area contributed by atoms with E-state index >= 15 is 13.2 Å². The van der Waals surface area contributed by atoms with E-state index in [1.54, 1.807) is 49.4 Å². The molecule has 77 heavy (non-hydrogen) atoms. The lowest BCUT2D eigenvalue weighted by molar-refractivity contribution is -0.137. The molecule has 10 aromatic carbocycles. The second-order valence-corrected chi connectivity index (χ2v) is 18.7. The van der Waals surface area contributed by atoms with Crippen LogP contribution in [-0.2, 0) is 6.18 Å². The van der Waals surface area contributed by atoms with Crippen LogP contribution in [-0.4, -0.2) is 9.13 Å². The van der Waals surface area contributed by atoms with Crippen molar-refractivity contribution in [3.05, 3.63) is 257 Å². The molecule has 0 aliphatic rings. The maximum atomic E-state index is 15.2. The van der Waals surface area contributed by atoms with E-state index in [-0.39, 0.29) is 11.1 Å². The first-order chi connectivity index (χ1) is 37.5. The van der Waals surface area contributed by atoms with Gasteiger partial charge in [-0.05, 0) is 141 Å². The van der Waals surface area contributed by atoms with Crippen LogP contribution in [0.2, 0.25) is 0 Å². The zero-order valence-electron chi connectivity index (χ0n) is 40.8. The summed E-state index contributed by atoms with van der Waals surface area (Å²) in [6.45, 7) is 25.7. The van der Waals surface area contributed by atoms with Crippen molar-refractivity contribution in [2.24, 2.45) is 0 Å². The summed E-state index contributed by atoms with van der Waals surface area (Å²) in [4.78, 5) is 11.5. The molecule has 2 heterocycles. The first-order valence-electron chi connectivity index (χ1n) is 24.3. The molecule has 10 heteroatoms. The molecule has 12 rings (SSSR count). The SMILES string of the molecule is [C-]#[N+]c1ccccc1-c1ccc2c(c1)c1cc(-c3ccccc3C#N)ccc1n2-c1cc(C#N)cc(-n2c3ccc(-c4ccccc4[N+]#[C-])cc3c3cc(-c4ccccc4[N+]#[C-])ccc32)c1-c1cc(C)cc(C(F)(F)F)c1. The topological polar surface area (TPSA) is 70.5 Å². The van der Waals surface area contributed by atoms with E-state index < -0.39 is 11.7 Å². The molecule has 0 aliphatic heterocycles. The van der Waals surface area contributed by atoms with Gasteiger partial charge in [-0.2, -0.15) is 23.7 Å². The van der Waals surface area contributed by atoms with E-state index in [9.17, 15) is 10.5 Å². The Balaban J connectivity index is 1.24. The maximum absolute atomic E-state index is 15.2. The minimum absolute atomic E-state index is 0.236. The Morgan fingerprint density at radius 2 is 0.792 bits per heavy atom. The zero-order valence-corrected chi connectivity index (χ0v) is 40.8. The van der Waals surface area contributed by atoms with Gasteiger partial charge in [-0.25, -0.2) is 14.5 Å². The van der Waals surface area contributed by atoms with E-state index in [1.807, 2.05) is 155 Å². The molecule has 0 atom stereocenters. The number of hydrogen-bond donors (Lipinski definition) is 0. The quantitative estimate of drug-likeness (QED) is 0.149. The Labute approximate surface area is 440 Å². The number of nitrogens with zero attached hydrogens (tertiary/aromatic N) is 7. The monoisotopic (exact) mass is 995 g/mol. The van der Waals surface area contributed by atoms with Gasteiger partial charge in [-0.1, -0.05) is 121 Å². The largest absolute Gasteiger partial charge is 0.416 e. The fourth-order valence-electron chi connectivity index (χ4n) is 10.9. The van der Waals surface area contributed by atoms with Crippen molar-refractivity contribution in [1.29, 1.82) is 10.5 Å². The van der Waals surface area contributed by atoms with Crippen LogP contribution in [0.1, 0.15) is 22.3 Å². The number of benzene rings is 10. The Morgan fingerprint density at radius 1 is 0.416 bits per heavy atom. The highest BCUT2D eigenvalue weighted by atomic mass is 19.4. The summed E-state index contributed by atoms with van der Waals surface area (Å²) in [5.74, 6) is 0. The molecule has 0 fully saturated rings. The van der Waals surface area contributed by atoms with Crippen molar-refractivity contribution in [3.63, 3.8) is 0 Å². The number of aromatic nitrogens is 2. The summed E-state index contributed by atoms with van der Waals surface area (Å²) < 4.78 is 49.5. The number of aryl methyl sites for hydroxylation is 1. The molecule has 360 valence electrons. The Bertz CT molecular complexity index is 4220. The molecule has 0 radical (unpaired) electrons. The smallest absolute Gasteiger partial charge is 0.308 e. The standard InChI is InChI=1S/C67H36F3N7/c1-40-29-47(33-48(30-40)67(68,69)70)66-64(76-60-25-21-42(49-14-6-5-13-46(49)39-72)34-53(60)54-35-43(22-26-61(54)76)50-15-7-10-18-57(50)73-2)31-41(38-71)32-65(66)77-62-27-23-44(51-16-8-11-19-58(51)74-3)36-55(62)56-37-45(24-28-63(56)77)52-17-9-12-20-59(52)75-4/h5-37H,1H3. The predicted octanol–water partition coefficient (Wildman–Crippen LogP) is 18.9. The molecule has 0 N–H and O–H groups in total. The van der Waals surface area contributed by atoms with Crippen molar-refractivity contribution in [2.75, 3.05) is 0 Å². The van der Waals surface area contributed by atoms with Gasteiger partial charge in [0.05, 0.1) is 82.0 Å². The van der Waals surface area contributed by atoms with Gasteiger partial charge in [0.15, 0.2) is 17.1 Å². The van der Waals surface area contributed by atoms with E-state index in [0.29, 0.717) is 72.8 Å². The molecular weight excluding hydrogens is 960 g/mol. The van der Waals surface area contributed by atoms with Crippen LogP contribution >= 0.6 is 0 Å². The van der Waals surface area contributed by atoms with Crippen molar-refractivity contribution in [2.45, 2.75) is 13.1 Å². The average molecular weight is 996 g/mol. The summed E-state index contributed by atoms with van der Waals surface area (Å²) in [7, 11) is 0. The second kappa shape index (κ2) is 18.5. The number of halogens is 3. The van der Waals surface area contributed by atoms with Crippen molar-refractivity contribution < 1.29 is 13.2 Å². The molecule has 2 aromatic heterocycles. The van der Waals surface area contributed by atoms with Crippen LogP contribution in [0.5, 0.6) is 0 Å². The molecule has 0 unspecified atom stereocenters. The van der Waals surface area contributed by atoms with Crippen LogP contribution in [0.25, 0.3) is 125 Å². The normalized spacial score (nSPS) is 11.3. The van der Waals surface area contributed by atoms with Gasteiger partial charge in [0.25, 0.3) is 0 Å². The molecule has 0 bridgehead atoms. The predicted molar refractivity (Wildman–Crippen MR) is 300 cm³/mol. The van der Waals surface area contributed by atoms with Crippen LogP contribution < -0.4 is 0 Å². The third-order valence-corrected chi connectivity index (χ3v) is 14.3. The zero-order chi connectivity index (χ0) is 53.1. The summed E-state index contributed by atoms with van der Waals surface area (Å²) in [5, 5.41) is 24.4. The van der Waals surface area contributed by atoms with Crippen LogP contribution in [0.15, 0.2) is 200 Å². The van der Waals surface area contributed by atoms with Gasteiger partial charge in [0.2, 0.25) is 0 Å². The maximum Gasteiger partial charge on any atom is 0.416 e. The summed E-state index contributed by atoms with van der Waals surface area (Å²) in [5.41, 5.74) is 11.8. The number of nitriles is 2. The molecule has 0 aliphatic carbocycles. The van der Waals surface area contributed by atoms with Gasteiger partial charge < -0.3 is 9.13 Å². The van der Waals surface area contributed by atoms with Crippen LogP contribution in [0, 0.1) is 49.3 Å². The number of rotatable bonds is 7. The lowest BCUT2D eigenvalue weighted by Crippen LogP contribution is -2.08. The molecule has 0 spiro atoms. The highest BCUT2D eigenvalue weighted by Gasteiger charge is 2.32. The Hall–Kier alpha value is -11.0. The van der Waals surface area contributed by atoms with Gasteiger partial charge in [0.1, 0.15) is 0 Å². The van der Waals surface area contributed by atoms with Gasteiger partial charge in [-0.3, -0.25) is 0 Å². The highest BCUT2D eigenvalue weighted by molar-refractivity contribution is 6.15. The van der Waals surface area contributed by atoms with Crippen molar-refractivity contribution in [3.8, 4) is 79.1 Å². The minimum Gasteiger partial charge on any atom is -0.308 e. The fourth-order valence-corrected chi connectivity index (χ4v) is 10.9. The fraction of sp³-hybridized carbons (Fsp3) is 0.0299. The molecule has 0 amide bonds. The third kappa shape index (κ3) is 7.89. The number of alkyl halides is 3. The first kappa shape index (κ1) is 47.1. The molecule has 7 nitrogen and oxygen atoms in total. The molecule has 0 saturated carbocycles. The summed E-state index contributed by atoms with van der Waals surface area (Å²) in [6.07, 6.45) is -4.71. The van der Waals surface area contributed by atoms with Crippen molar-refractivity contribution in [1.82, 2.24) is 9.13 Å². The Kier molecular flexibility index (Phi) is 11.3. The Morgan fingerprint density at radius 3 is 1.17 bits per heavy atom. The van der Waals surface area contributed by atoms with Gasteiger partial charge in [-0.15, -0.1) is 0 Å². The number of hydrogen-bond acceptors (Lipinski definition) is 2. The van der Waals surface area contributed by atoms with Crippen molar-refractivity contribution >= 4 is 60.7 Å². The molecule has 12 aromatic rings. The summed E-state index contributed by atoms with van der Waals surface area (Å²) in [6, 6.07) is 65.1. The van der Waals surface area contributed by atoms with E-state index in [0.717, 1.165) is 72.6 Å².